The molecule has 0 saturated carbocycles. The molecule has 6 heteroatoms. The van der Waals surface area contributed by atoms with Gasteiger partial charge < -0.3 is 9.80 Å². The van der Waals surface area contributed by atoms with Gasteiger partial charge in [0, 0.05) is 37.4 Å². The molecule has 4 nitrogen and oxygen atoms in total. The maximum Gasteiger partial charge on any atom is 0.254 e. The molecule has 2 heterocycles. The van der Waals surface area contributed by atoms with Crippen LogP contribution in [0.3, 0.4) is 0 Å². The molecule has 2 aromatic rings. The molecule has 0 N–H and O–H groups in total. The minimum atomic E-state index is -0.0539. The number of aryl methyl sites for hydroxylation is 1. The Morgan fingerprint density at radius 3 is 2.29 bits per heavy atom. The van der Waals surface area contributed by atoms with Gasteiger partial charge in [0.05, 0.1) is 0 Å². The molecule has 126 valence electrons. The number of aromatic nitrogens is 1. The quantitative estimate of drug-likeness (QED) is 0.757. The van der Waals surface area contributed by atoms with E-state index in [2.05, 4.69) is 41.9 Å². The highest BCUT2D eigenvalue weighted by Gasteiger charge is 2.23. The van der Waals surface area contributed by atoms with Gasteiger partial charge in [0.1, 0.15) is 10.3 Å². The highest BCUT2D eigenvalue weighted by molar-refractivity contribution is 6.33. The molecule has 1 aliphatic rings. The molecule has 1 saturated heterocycles. The molecule has 0 spiro atoms. The Balaban J connectivity index is 1.70. The lowest BCUT2D eigenvalue weighted by Gasteiger charge is -2.37. The predicted molar refractivity (Wildman–Crippen MR) is 98.3 cm³/mol. The van der Waals surface area contributed by atoms with Gasteiger partial charge in [-0.2, -0.15) is 0 Å². The van der Waals surface area contributed by atoms with E-state index in [9.17, 15) is 4.79 Å². The smallest absolute Gasteiger partial charge is 0.254 e. The average molecular weight is 364 g/mol. The van der Waals surface area contributed by atoms with E-state index < -0.39 is 0 Å². The summed E-state index contributed by atoms with van der Waals surface area (Å²) in [4.78, 5) is 20.7. The zero-order valence-electron chi connectivity index (χ0n) is 13.7. The number of hydrogen-bond donors (Lipinski definition) is 0. The molecule has 0 bridgehead atoms. The number of rotatable bonds is 2. The lowest BCUT2D eigenvalue weighted by atomic mass is 10.1. The second kappa shape index (κ2) is 6.99. The van der Waals surface area contributed by atoms with E-state index in [1.165, 1.54) is 16.8 Å². The van der Waals surface area contributed by atoms with Crippen molar-refractivity contribution in [2.75, 3.05) is 31.1 Å². The van der Waals surface area contributed by atoms with Crippen LogP contribution in [0.4, 0.5) is 5.69 Å². The summed E-state index contributed by atoms with van der Waals surface area (Å²) in [6.45, 7) is 7.22. The number of nitrogens with zero attached hydrogens (tertiary/aromatic N) is 3. The van der Waals surface area contributed by atoms with Gasteiger partial charge in [-0.3, -0.25) is 4.79 Å². The summed E-state index contributed by atoms with van der Waals surface area (Å²) in [5.74, 6) is -0.0539. The largest absolute Gasteiger partial charge is 0.368 e. The molecule has 0 atom stereocenters. The van der Waals surface area contributed by atoms with Crippen molar-refractivity contribution in [3.8, 4) is 0 Å². The minimum Gasteiger partial charge on any atom is -0.368 e. The van der Waals surface area contributed by atoms with Crippen LogP contribution in [0.5, 0.6) is 0 Å². The molecule has 1 amide bonds. The molecule has 0 aliphatic carbocycles. The van der Waals surface area contributed by atoms with Gasteiger partial charge in [-0.1, -0.05) is 35.3 Å². The summed E-state index contributed by atoms with van der Waals surface area (Å²) >= 11 is 11.8. The van der Waals surface area contributed by atoms with Crippen LogP contribution in [-0.2, 0) is 0 Å². The Morgan fingerprint density at radius 2 is 1.67 bits per heavy atom. The summed E-state index contributed by atoms with van der Waals surface area (Å²) in [7, 11) is 0. The van der Waals surface area contributed by atoms with E-state index in [4.69, 9.17) is 23.2 Å². The van der Waals surface area contributed by atoms with Crippen LogP contribution in [0.2, 0.25) is 10.3 Å². The summed E-state index contributed by atoms with van der Waals surface area (Å²) in [5.41, 5.74) is 4.31. The molecular weight excluding hydrogens is 345 g/mol. The standard InChI is InChI=1S/C18H19Cl2N3O/c1-12-4-3-5-15(13(12)2)22-6-8-23(9-7-22)18(24)14-10-16(19)21-17(20)11-14/h3-5,10-11H,6-9H2,1-2H3. The van der Waals surface area contributed by atoms with Crippen LogP contribution >= 0.6 is 23.2 Å². The monoisotopic (exact) mass is 363 g/mol. The van der Waals surface area contributed by atoms with E-state index in [-0.39, 0.29) is 16.2 Å². The first-order chi connectivity index (χ1) is 11.5. The molecule has 1 aromatic carbocycles. The summed E-state index contributed by atoms with van der Waals surface area (Å²) in [6.07, 6.45) is 0. The fourth-order valence-electron chi connectivity index (χ4n) is 3.00. The van der Waals surface area contributed by atoms with Crippen LogP contribution in [-0.4, -0.2) is 42.0 Å². The first-order valence-electron chi connectivity index (χ1n) is 7.89. The normalized spacial score (nSPS) is 14.8. The lowest BCUT2D eigenvalue weighted by Crippen LogP contribution is -2.49. The van der Waals surface area contributed by atoms with E-state index in [1.54, 1.807) is 12.1 Å². The van der Waals surface area contributed by atoms with Crippen molar-refractivity contribution in [1.29, 1.82) is 0 Å². The topological polar surface area (TPSA) is 36.4 Å². The third-order valence-electron chi connectivity index (χ3n) is 4.49. The number of halogens is 2. The van der Waals surface area contributed by atoms with Crippen LogP contribution in [0.25, 0.3) is 0 Å². The zero-order valence-corrected chi connectivity index (χ0v) is 15.2. The second-order valence-corrected chi connectivity index (χ2v) is 6.77. The minimum absolute atomic E-state index is 0.0539. The van der Waals surface area contributed by atoms with Gasteiger partial charge in [-0.05, 0) is 43.2 Å². The number of anilines is 1. The Morgan fingerprint density at radius 1 is 1.04 bits per heavy atom. The van der Waals surface area contributed by atoms with E-state index >= 15 is 0 Å². The van der Waals surface area contributed by atoms with Gasteiger partial charge in [0.25, 0.3) is 5.91 Å². The van der Waals surface area contributed by atoms with Crippen molar-refractivity contribution < 1.29 is 4.79 Å². The molecule has 1 fully saturated rings. The SMILES string of the molecule is Cc1cccc(N2CCN(C(=O)c3cc(Cl)nc(Cl)c3)CC2)c1C. The Hall–Kier alpha value is -1.78. The molecule has 1 aliphatic heterocycles. The molecular formula is C18H19Cl2N3O. The Labute approximate surface area is 152 Å². The van der Waals surface area contributed by atoms with Crippen molar-refractivity contribution in [2.45, 2.75) is 13.8 Å². The Kier molecular flexibility index (Phi) is 4.97. The fraction of sp³-hybridized carbons (Fsp3) is 0.333. The summed E-state index contributed by atoms with van der Waals surface area (Å²) in [5, 5.41) is 0.472. The van der Waals surface area contributed by atoms with Crippen LogP contribution in [0, 0.1) is 13.8 Å². The van der Waals surface area contributed by atoms with Gasteiger partial charge >= 0.3 is 0 Å². The maximum atomic E-state index is 12.6. The third kappa shape index (κ3) is 3.50. The van der Waals surface area contributed by atoms with Crippen LogP contribution < -0.4 is 4.90 Å². The lowest BCUT2D eigenvalue weighted by molar-refractivity contribution is 0.0746. The van der Waals surface area contributed by atoms with Gasteiger partial charge in [0.2, 0.25) is 0 Å². The Bertz CT molecular complexity index is 751. The number of carbonyl (C=O) groups is 1. The summed E-state index contributed by atoms with van der Waals surface area (Å²) < 4.78 is 0. The molecule has 0 unspecified atom stereocenters. The van der Waals surface area contributed by atoms with Crippen molar-refractivity contribution in [1.82, 2.24) is 9.88 Å². The fourth-order valence-corrected chi connectivity index (χ4v) is 3.46. The number of pyridine rings is 1. The van der Waals surface area contributed by atoms with Crippen LogP contribution in [0.1, 0.15) is 21.5 Å². The number of benzene rings is 1. The van der Waals surface area contributed by atoms with Gasteiger partial charge in [-0.15, -0.1) is 0 Å². The second-order valence-electron chi connectivity index (χ2n) is 6.00. The number of piperazine rings is 1. The molecule has 1 aromatic heterocycles. The highest BCUT2D eigenvalue weighted by Crippen LogP contribution is 2.24. The molecule has 0 radical (unpaired) electrons. The zero-order chi connectivity index (χ0) is 17.3. The number of hydrogen-bond acceptors (Lipinski definition) is 3. The number of amides is 1. The highest BCUT2D eigenvalue weighted by atomic mass is 35.5. The van der Waals surface area contributed by atoms with Crippen molar-refractivity contribution in [3.63, 3.8) is 0 Å². The van der Waals surface area contributed by atoms with E-state index in [1.807, 2.05) is 4.90 Å². The third-order valence-corrected chi connectivity index (χ3v) is 4.88. The maximum absolute atomic E-state index is 12.6. The van der Waals surface area contributed by atoms with Gasteiger partial charge in [0.15, 0.2) is 0 Å². The van der Waals surface area contributed by atoms with Crippen molar-refractivity contribution >= 4 is 34.8 Å². The van der Waals surface area contributed by atoms with Crippen molar-refractivity contribution in [2.24, 2.45) is 0 Å². The van der Waals surface area contributed by atoms with Crippen molar-refractivity contribution in [3.05, 3.63) is 57.3 Å². The van der Waals surface area contributed by atoms with E-state index in [0.717, 1.165) is 13.1 Å². The average Bonchev–Trinajstić information content (AvgIpc) is 2.56. The first-order valence-corrected chi connectivity index (χ1v) is 8.65. The number of carbonyl (C=O) groups excluding carboxylic acids is 1. The van der Waals surface area contributed by atoms with Crippen LogP contribution in [0.15, 0.2) is 30.3 Å². The first kappa shape index (κ1) is 17.1. The molecule has 24 heavy (non-hydrogen) atoms. The predicted octanol–water partition coefficient (Wildman–Crippen LogP) is 3.97. The van der Waals surface area contributed by atoms with E-state index in [0.29, 0.717) is 18.7 Å². The van der Waals surface area contributed by atoms with Gasteiger partial charge in [-0.25, -0.2) is 4.98 Å². The molecule has 3 rings (SSSR count). The summed E-state index contributed by atoms with van der Waals surface area (Å²) in [6, 6.07) is 9.47.